The Morgan fingerprint density at radius 1 is 1.86 bits per heavy atom. The summed E-state index contributed by atoms with van der Waals surface area (Å²) in [6.07, 6.45) is 1.77. The lowest BCUT2D eigenvalue weighted by Crippen LogP contribution is -2.63. The lowest BCUT2D eigenvalue weighted by atomic mass is 9.93. The molecule has 0 aliphatic carbocycles. The van der Waals surface area contributed by atoms with Crippen LogP contribution in [0.15, 0.2) is 12.7 Å². The molecule has 0 aromatic carbocycles. The minimum Gasteiger partial charge on any atom is -0.465 e. The minimum absolute atomic E-state index is 0.0467. The molecule has 1 rings (SSSR count). The van der Waals surface area contributed by atoms with Gasteiger partial charge in [0.1, 0.15) is 0 Å². The van der Waals surface area contributed by atoms with Crippen molar-refractivity contribution in [3.05, 3.63) is 12.7 Å². The Hall–Kier alpha value is -1.03. The molecule has 0 bridgehead atoms. The Balaban J connectivity index is 2.69. The van der Waals surface area contributed by atoms with Gasteiger partial charge in [0.25, 0.3) is 0 Å². The standard InChI is InChI=1S/C10H18N2O2/c1-4-5-10(3)7-12(9(13)14)8(2)6-11-10/h4,8,11H,1,5-7H2,2-3H3,(H,13,14). The molecule has 1 saturated heterocycles. The minimum atomic E-state index is -0.839. The van der Waals surface area contributed by atoms with Gasteiger partial charge < -0.3 is 15.3 Å². The van der Waals surface area contributed by atoms with E-state index in [4.69, 9.17) is 5.11 Å². The summed E-state index contributed by atoms with van der Waals surface area (Å²) in [5.41, 5.74) is -0.160. The first kappa shape index (κ1) is 11.0. The third kappa shape index (κ3) is 2.26. The van der Waals surface area contributed by atoms with Crippen molar-refractivity contribution < 1.29 is 9.90 Å². The smallest absolute Gasteiger partial charge is 0.407 e. The summed E-state index contributed by atoms with van der Waals surface area (Å²) in [5.74, 6) is 0. The maximum Gasteiger partial charge on any atom is 0.407 e. The van der Waals surface area contributed by atoms with Crippen LogP contribution in [-0.4, -0.2) is 40.8 Å². The Kier molecular flexibility index (Phi) is 3.16. The fraction of sp³-hybridized carbons (Fsp3) is 0.700. The molecule has 0 saturated carbocycles. The van der Waals surface area contributed by atoms with E-state index in [1.807, 2.05) is 19.9 Å². The lowest BCUT2D eigenvalue weighted by Gasteiger charge is -2.43. The second-order valence-corrected chi connectivity index (χ2v) is 4.19. The zero-order chi connectivity index (χ0) is 10.8. The molecule has 0 aromatic rings. The van der Waals surface area contributed by atoms with Crippen molar-refractivity contribution in [3.63, 3.8) is 0 Å². The average Bonchev–Trinajstić information content (AvgIpc) is 2.10. The van der Waals surface area contributed by atoms with Crippen LogP contribution in [0.2, 0.25) is 0 Å². The Labute approximate surface area is 84.6 Å². The molecule has 0 spiro atoms. The molecule has 0 aromatic heterocycles. The summed E-state index contributed by atoms with van der Waals surface area (Å²) >= 11 is 0. The van der Waals surface area contributed by atoms with Gasteiger partial charge in [-0.25, -0.2) is 4.79 Å². The van der Waals surface area contributed by atoms with E-state index >= 15 is 0 Å². The van der Waals surface area contributed by atoms with Crippen LogP contribution in [0.5, 0.6) is 0 Å². The van der Waals surface area contributed by atoms with Crippen molar-refractivity contribution in [2.24, 2.45) is 0 Å². The summed E-state index contributed by atoms with van der Waals surface area (Å²) in [4.78, 5) is 12.4. The van der Waals surface area contributed by atoms with Gasteiger partial charge in [-0.3, -0.25) is 0 Å². The summed E-state index contributed by atoms with van der Waals surface area (Å²) in [6, 6.07) is 0.0467. The Bertz CT molecular complexity index is 242. The van der Waals surface area contributed by atoms with Crippen LogP contribution >= 0.6 is 0 Å². The fourth-order valence-corrected chi connectivity index (χ4v) is 1.80. The highest BCUT2D eigenvalue weighted by Crippen LogP contribution is 2.19. The van der Waals surface area contributed by atoms with Gasteiger partial charge in [-0.2, -0.15) is 0 Å². The zero-order valence-electron chi connectivity index (χ0n) is 8.79. The molecule has 0 radical (unpaired) electrons. The van der Waals surface area contributed by atoms with Gasteiger partial charge in [0.15, 0.2) is 0 Å². The molecule has 4 heteroatoms. The first-order valence-electron chi connectivity index (χ1n) is 4.84. The van der Waals surface area contributed by atoms with Gasteiger partial charge in [0, 0.05) is 24.7 Å². The lowest BCUT2D eigenvalue weighted by molar-refractivity contribution is 0.0814. The van der Waals surface area contributed by atoms with Gasteiger partial charge in [0.05, 0.1) is 0 Å². The molecule has 2 atom stereocenters. The summed E-state index contributed by atoms with van der Waals surface area (Å²) in [5, 5.41) is 12.3. The number of hydrogen-bond acceptors (Lipinski definition) is 2. The molecular weight excluding hydrogens is 180 g/mol. The SMILES string of the molecule is C=CCC1(C)CN(C(=O)O)C(C)CN1. The molecule has 80 valence electrons. The van der Waals surface area contributed by atoms with Crippen LogP contribution in [-0.2, 0) is 0 Å². The maximum atomic E-state index is 10.9. The van der Waals surface area contributed by atoms with Crippen molar-refractivity contribution in [1.29, 1.82) is 0 Å². The van der Waals surface area contributed by atoms with Crippen LogP contribution in [0.3, 0.4) is 0 Å². The molecule has 14 heavy (non-hydrogen) atoms. The van der Waals surface area contributed by atoms with E-state index in [1.54, 1.807) is 0 Å². The molecule has 1 fully saturated rings. The number of rotatable bonds is 2. The largest absolute Gasteiger partial charge is 0.465 e. The summed E-state index contributed by atoms with van der Waals surface area (Å²) in [6.45, 7) is 8.85. The number of carboxylic acid groups (broad SMARTS) is 1. The predicted molar refractivity (Wildman–Crippen MR) is 55.4 cm³/mol. The van der Waals surface area contributed by atoms with Crippen LogP contribution in [0.1, 0.15) is 20.3 Å². The average molecular weight is 198 g/mol. The molecule has 1 aliphatic rings. The van der Waals surface area contributed by atoms with Gasteiger partial charge in [-0.15, -0.1) is 6.58 Å². The van der Waals surface area contributed by atoms with Crippen molar-refractivity contribution in [2.45, 2.75) is 31.8 Å². The Morgan fingerprint density at radius 2 is 2.50 bits per heavy atom. The first-order chi connectivity index (χ1) is 6.48. The fourth-order valence-electron chi connectivity index (χ4n) is 1.80. The van der Waals surface area contributed by atoms with E-state index in [2.05, 4.69) is 11.9 Å². The van der Waals surface area contributed by atoms with Gasteiger partial charge in [-0.05, 0) is 20.3 Å². The van der Waals surface area contributed by atoms with E-state index in [9.17, 15) is 4.79 Å². The highest BCUT2D eigenvalue weighted by atomic mass is 16.4. The van der Waals surface area contributed by atoms with Crippen LogP contribution in [0.25, 0.3) is 0 Å². The summed E-state index contributed by atoms with van der Waals surface area (Å²) < 4.78 is 0. The second kappa shape index (κ2) is 4.00. The van der Waals surface area contributed by atoms with Crippen LogP contribution in [0.4, 0.5) is 4.79 Å². The number of hydrogen-bond donors (Lipinski definition) is 2. The van der Waals surface area contributed by atoms with E-state index in [0.717, 1.165) is 6.42 Å². The Morgan fingerprint density at radius 3 is 3.00 bits per heavy atom. The second-order valence-electron chi connectivity index (χ2n) is 4.19. The normalized spacial score (nSPS) is 32.7. The monoisotopic (exact) mass is 198 g/mol. The van der Waals surface area contributed by atoms with E-state index in [-0.39, 0.29) is 11.6 Å². The van der Waals surface area contributed by atoms with Gasteiger partial charge >= 0.3 is 6.09 Å². The molecule has 1 amide bonds. The number of nitrogens with one attached hydrogen (secondary N) is 1. The van der Waals surface area contributed by atoms with Crippen molar-refractivity contribution in [3.8, 4) is 0 Å². The molecule has 1 aliphatic heterocycles. The number of carbonyl (C=O) groups is 1. The van der Waals surface area contributed by atoms with Crippen molar-refractivity contribution in [2.75, 3.05) is 13.1 Å². The van der Waals surface area contributed by atoms with Crippen LogP contribution in [0, 0.1) is 0 Å². The molecule has 1 heterocycles. The maximum absolute atomic E-state index is 10.9. The molecular formula is C10H18N2O2. The van der Waals surface area contributed by atoms with Crippen molar-refractivity contribution >= 4 is 6.09 Å². The van der Waals surface area contributed by atoms with Gasteiger partial charge in [0.2, 0.25) is 0 Å². The topological polar surface area (TPSA) is 52.6 Å². The molecule has 2 N–H and O–H groups in total. The van der Waals surface area contributed by atoms with Crippen molar-refractivity contribution in [1.82, 2.24) is 10.2 Å². The van der Waals surface area contributed by atoms with E-state index in [0.29, 0.717) is 13.1 Å². The van der Waals surface area contributed by atoms with E-state index < -0.39 is 6.09 Å². The van der Waals surface area contributed by atoms with E-state index in [1.165, 1.54) is 4.90 Å². The summed E-state index contributed by atoms with van der Waals surface area (Å²) in [7, 11) is 0. The zero-order valence-corrected chi connectivity index (χ0v) is 8.79. The number of piperazine rings is 1. The van der Waals surface area contributed by atoms with Crippen LogP contribution < -0.4 is 5.32 Å². The number of nitrogens with zero attached hydrogens (tertiary/aromatic N) is 1. The van der Waals surface area contributed by atoms with Gasteiger partial charge in [-0.1, -0.05) is 6.08 Å². The quantitative estimate of drug-likeness (QED) is 0.657. The predicted octanol–water partition coefficient (Wildman–Crippen LogP) is 1.29. The molecule has 4 nitrogen and oxygen atoms in total. The third-order valence-electron chi connectivity index (χ3n) is 2.72. The highest BCUT2D eigenvalue weighted by Gasteiger charge is 2.35. The highest BCUT2D eigenvalue weighted by molar-refractivity contribution is 5.65. The number of amides is 1. The third-order valence-corrected chi connectivity index (χ3v) is 2.72. The molecule has 2 unspecified atom stereocenters. The first-order valence-corrected chi connectivity index (χ1v) is 4.84.